The number of nitrogens with one attached hydrogen (secondary N) is 3. The average Bonchev–Trinajstić information content (AvgIpc) is 2.90. The maximum atomic E-state index is 12.9. The van der Waals surface area contributed by atoms with Crippen LogP contribution in [0.2, 0.25) is 0 Å². The molecule has 12 nitrogen and oxygen atoms in total. The second-order valence-corrected chi connectivity index (χ2v) is 11.9. The molecule has 14 heteroatoms. The third-order valence-corrected chi connectivity index (χ3v) is 9.09. The number of anilines is 1. The number of aliphatic carboxylic acids is 2. The van der Waals surface area contributed by atoms with Crippen LogP contribution in [-0.4, -0.2) is 78.1 Å². The molecule has 2 aromatic rings. The second kappa shape index (κ2) is 15.4. The minimum atomic E-state index is -1.26. The van der Waals surface area contributed by atoms with E-state index in [1.165, 1.54) is 10.2 Å². The molecule has 3 amide bonds. The van der Waals surface area contributed by atoms with Gasteiger partial charge in [-0.05, 0) is 0 Å². The molecule has 0 aliphatic rings. The Morgan fingerprint density at radius 3 is 2.37 bits per heavy atom. The molecule has 2 aromatic carbocycles. The molecule has 0 bridgehead atoms. The fourth-order valence-electron chi connectivity index (χ4n) is 2.86. The molecule has 0 aliphatic heterocycles. The third kappa shape index (κ3) is 10.2. The Bertz CT molecular complexity index is 1220. The molecule has 0 aromatic heterocycles. The van der Waals surface area contributed by atoms with Crippen LogP contribution in [-0.2, 0) is 19.2 Å². The number of nitrogens with two attached hydrogens (primary N) is 1. The van der Waals surface area contributed by atoms with Crippen LogP contribution in [0.25, 0.3) is 0 Å². The predicted octanol–water partition coefficient (Wildman–Crippen LogP) is -0.334. The van der Waals surface area contributed by atoms with Crippen LogP contribution in [0.3, 0.4) is 0 Å². The van der Waals surface area contributed by atoms with Gasteiger partial charge in [-0.1, -0.05) is 0 Å². The normalized spacial score (nSPS) is 11.9. The summed E-state index contributed by atoms with van der Waals surface area (Å²) in [6.45, 7) is -0.636. The zero-order chi connectivity index (χ0) is 28.1. The first kappa shape index (κ1) is 30.3. The number of nitrogens with zero attached hydrogens (tertiary/aromatic N) is 1. The maximum absolute atomic E-state index is 12.9. The van der Waals surface area contributed by atoms with Gasteiger partial charge >= 0.3 is 228 Å². The van der Waals surface area contributed by atoms with Gasteiger partial charge in [0.25, 0.3) is 0 Å². The van der Waals surface area contributed by atoms with Crippen molar-refractivity contribution in [3.63, 3.8) is 0 Å². The first-order valence-electron chi connectivity index (χ1n) is 11.1. The van der Waals surface area contributed by atoms with E-state index in [1.807, 2.05) is 6.07 Å². The Morgan fingerprint density at radius 2 is 1.74 bits per heavy atom. The first-order valence-corrected chi connectivity index (χ1v) is 14.9. The number of carbonyl (C=O) groups excluding carboxylic acids is 3. The van der Waals surface area contributed by atoms with Gasteiger partial charge in [0.05, 0.1) is 0 Å². The Labute approximate surface area is 227 Å². The molecule has 0 aliphatic carbocycles. The van der Waals surface area contributed by atoms with Gasteiger partial charge in [-0.25, -0.2) is 0 Å². The Morgan fingerprint density at radius 1 is 1.05 bits per heavy atom. The zero-order valence-electron chi connectivity index (χ0n) is 19.9. The third-order valence-electron chi connectivity index (χ3n) is 4.85. The summed E-state index contributed by atoms with van der Waals surface area (Å²) in [6.07, 6.45) is -0.367. The van der Waals surface area contributed by atoms with Crippen LogP contribution in [0.1, 0.15) is 28.8 Å². The quantitative estimate of drug-likeness (QED) is 0.154. The van der Waals surface area contributed by atoms with Gasteiger partial charge in [0.15, 0.2) is 0 Å². The van der Waals surface area contributed by atoms with Crippen molar-refractivity contribution in [2.45, 2.75) is 24.9 Å². The van der Waals surface area contributed by atoms with Gasteiger partial charge in [0.2, 0.25) is 0 Å². The molecule has 0 spiro atoms. The van der Waals surface area contributed by atoms with Gasteiger partial charge in [0, 0.05) is 0 Å². The van der Waals surface area contributed by atoms with E-state index < -0.39 is 42.4 Å². The number of carboxylic acids is 2. The summed E-state index contributed by atoms with van der Waals surface area (Å²) < 4.78 is 0.722. The van der Waals surface area contributed by atoms with Crippen molar-refractivity contribution < 1.29 is 34.2 Å². The van der Waals surface area contributed by atoms with E-state index in [0.29, 0.717) is 16.8 Å². The minimum absolute atomic E-state index is 0.0771. The molecule has 0 saturated heterocycles. The summed E-state index contributed by atoms with van der Waals surface area (Å²) in [5.74, 6) is -4.10. The molecule has 0 unspecified atom stereocenters. The summed E-state index contributed by atoms with van der Waals surface area (Å²) >= 11 is -0.375. The zero-order valence-corrected chi connectivity index (χ0v) is 22.4. The monoisotopic (exact) mass is 607 g/mol. The standard InChI is InChI=1S/C24H25N5O7SSe/c25-11-14-5-7-15(8-6-14)28-22(33)16-3-1-2-4-19(16)38-37-13-18(23(34)27-12-21(31)32)29-20(30)10-9-17(26)24(35)36/h1-8,17-18H,9-10,12-13,26H2,(H,27,34)(H,28,33)(H,29,30)(H,31,32)(H,35,36)/t17-,18-/m1/s1. The van der Waals surface area contributed by atoms with Gasteiger partial charge in [-0.3, -0.25) is 0 Å². The fourth-order valence-corrected chi connectivity index (χ4v) is 7.08. The second-order valence-electron chi connectivity index (χ2n) is 7.72. The van der Waals surface area contributed by atoms with Crippen molar-refractivity contribution in [1.29, 1.82) is 5.26 Å². The molecular formula is C24H25N5O7SSe. The molecule has 0 saturated carbocycles. The van der Waals surface area contributed by atoms with Gasteiger partial charge < -0.3 is 0 Å². The Kier molecular flexibility index (Phi) is 12.3. The molecule has 2 rings (SSSR count). The fraction of sp³-hybridized carbons (Fsp3) is 0.250. The number of benzene rings is 2. The molecule has 38 heavy (non-hydrogen) atoms. The average molecular weight is 607 g/mol. The van der Waals surface area contributed by atoms with Crippen LogP contribution in [0.5, 0.6) is 0 Å². The summed E-state index contributed by atoms with van der Waals surface area (Å²) in [4.78, 5) is 59.3. The van der Waals surface area contributed by atoms with Crippen molar-refractivity contribution in [1.82, 2.24) is 10.6 Å². The van der Waals surface area contributed by atoms with Crippen molar-refractivity contribution in [2.24, 2.45) is 5.73 Å². The van der Waals surface area contributed by atoms with Gasteiger partial charge in [-0.15, -0.1) is 0 Å². The molecule has 0 fully saturated rings. The Hall–Kier alpha value is -3.89. The molecule has 200 valence electrons. The number of nitriles is 1. The summed E-state index contributed by atoms with van der Waals surface area (Å²) in [7, 11) is 1.30. The Balaban J connectivity index is 2.03. The van der Waals surface area contributed by atoms with Gasteiger partial charge in [0.1, 0.15) is 0 Å². The van der Waals surface area contributed by atoms with E-state index in [2.05, 4.69) is 16.0 Å². The summed E-state index contributed by atoms with van der Waals surface area (Å²) in [6, 6.07) is 13.0. The van der Waals surface area contributed by atoms with E-state index in [4.69, 9.17) is 21.2 Å². The number of carboxylic acid groups (broad SMARTS) is 2. The summed E-state index contributed by atoms with van der Waals surface area (Å²) in [5.41, 5.74) is 6.81. The van der Waals surface area contributed by atoms with E-state index >= 15 is 0 Å². The number of carbonyl (C=O) groups is 5. The van der Waals surface area contributed by atoms with Gasteiger partial charge in [-0.2, -0.15) is 0 Å². The van der Waals surface area contributed by atoms with Crippen molar-refractivity contribution >= 4 is 63.8 Å². The predicted molar refractivity (Wildman–Crippen MR) is 141 cm³/mol. The molecule has 0 radical (unpaired) electrons. The SMILES string of the molecule is N#Cc1ccc(NC(=O)c2ccccc2[Se]SC[C@@H](NC(=O)CC[C@@H](N)C(=O)O)C(=O)NCC(=O)O)cc1. The first-order chi connectivity index (χ1) is 18.1. The number of rotatable bonds is 14. The number of amides is 3. The number of hydrogen-bond donors (Lipinski definition) is 6. The van der Waals surface area contributed by atoms with Crippen molar-refractivity contribution in [3.8, 4) is 6.07 Å². The van der Waals surface area contributed by atoms with E-state index in [9.17, 15) is 24.0 Å². The summed E-state index contributed by atoms with van der Waals surface area (Å²) in [5, 5.41) is 34.1. The van der Waals surface area contributed by atoms with Crippen molar-refractivity contribution in [3.05, 3.63) is 59.7 Å². The molecular weight excluding hydrogens is 581 g/mol. The molecule has 2 atom stereocenters. The topological polar surface area (TPSA) is 212 Å². The van der Waals surface area contributed by atoms with Crippen LogP contribution in [0.4, 0.5) is 5.69 Å². The van der Waals surface area contributed by atoms with Crippen LogP contribution in [0.15, 0.2) is 48.5 Å². The molecule has 7 N–H and O–H groups in total. The van der Waals surface area contributed by atoms with Crippen molar-refractivity contribution in [2.75, 3.05) is 17.6 Å². The van der Waals surface area contributed by atoms with E-state index in [0.717, 1.165) is 4.46 Å². The van der Waals surface area contributed by atoms with E-state index in [-0.39, 0.29) is 38.3 Å². The molecule has 0 heterocycles. The van der Waals surface area contributed by atoms with E-state index in [1.54, 1.807) is 48.5 Å². The van der Waals surface area contributed by atoms with Crippen LogP contribution < -0.4 is 26.1 Å². The van der Waals surface area contributed by atoms with Crippen LogP contribution >= 0.6 is 10.2 Å². The van der Waals surface area contributed by atoms with Crippen LogP contribution in [0, 0.1) is 11.3 Å². The number of hydrogen-bond acceptors (Lipinski definition) is 8.